The van der Waals surface area contributed by atoms with E-state index in [2.05, 4.69) is 10.1 Å². The molecular formula is C20H15F3N4O. The summed E-state index contributed by atoms with van der Waals surface area (Å²) in [5, 5.41) is 5.33. The van der Waals surface area contributed by atoms with Gasteiger partial charge in [-0.1, -0.05) is 30.3 Å². The number of benzene rings is 2. The SMILES string of the molecule is O=c1c2ccccc2c(-c2cccc(C(F)(F)F)c2)nn1CCn1ccnc1. The molecule has 0 saturated heterocycles. The van der Waals surface area contributed by atoms with Crippen molar-refractivity contribution in [1.82, 2.24) is 19.3 Å². The van der Waals surface area contributed by atoms with Gasteiger partial charge in [0.25, 0.3) is 5.56 Å². The molecule has 0 bridgehead atoms. The molecule has 28 heavy (non-hydrogen) atoms. The smallest absolute Gasteiger partial charge is 0.336 e. The van der Waals surface area contributed by atoms with E-state index in [4.69, 9.17) is 0 Å². The zero-order chi connectivity index (χ0) is 19.7. The van der Waals surface area contributed by atoms with Gasteiger partial charge < -0.3 is 4.57 Å². The summed E-state index contributed by atoms with van der Waals surface area (Å²) in [4.78, 5) is 16.7. The van der Waals surface area contributed by atoms with Crippen molar-refractivity contribution in [2.75, 3.05) is 0 Å². The molecule has 0 radical (unpaired) electrons. The van der Waals surface area contributed by atoms with Crippen LogP contribution in [0.25, 0.3) is 22.0 Å². The van der Waals surface area contributed by atoms with E-state index >= 15 is 0 Å². The standard InChI is InChI=1S/C20H15F3N4O/c21-20(22,23)15-5-3-4-14(12-15)18-16-6-1-2-7-17(16)19(28)27(25-18)11-10-26-9-8-24-13-26/h1-9,12-13H,10-11H2. The number of aryl methyl sites for hydroxylation is 2. The number of hydrogen-bond donors (Lipinski definition) is 0. The molecule has 5 nitrogen and oxygen atoms in total. The lowest BCUT2D eigenvalue weighted by molar-refractivity contribution is -0.137. The Morgan fingerprint density at radius 3 is 2.46 bits per heavy atom. The Kier molecular flexibility index (Phi) is 4.46. The Morgan fingerprint density at radius 2 is 1.75 bits per heavy atom. The van der Waals surface area contributed by atoms with E-state index in [9.17, 15) is 18.0 Å². The van der Waals surface area contributed by atoms with E-state index < -0.39 is 11.7 Å². The fraction of sp³-hybridized carbons (Fsp3) is 0.150. The average molecular weight is 384 g/mol. The third-order valence-electron chi connectivity index (χ3n) is 4.46. The Bertz CT molecular complexity index is 1180. The number of hydrogen-bond acceptors (Lipinski definition) is 3. The Balaban J connectivity index is 1.86. The fourth-order valence-corrected chi connectivity index (χ4v) is 3.07. The van der Waals surface area contributed by atoms with Crippen molar-refractivity contribution in [3.8, 4) is 11.3 Å². The van der Waals surface area contributed by atoms with E-state index in [1.165, 1.54) is 10.7 Å². The Morgan fingerprint density at radius 1 is 0.964 bits per heavy atom. The number of rotatable bonds is 4. The molecule has 0 unspecified atom stereocenters. The molecule has 2 aromatic carbocycles. The average Bonchev–Trinajstić information content (AvgIpc) is 3.21. The normalized spacial score (nSPS) is 11.8. The first kappa shape index (κ1) is 18.0. The first-order valence-corrected chi connectivity index (χ1v) is 8.57. The largest absolute Gasteiger partial charge is 0.416 e. The quantitative estimate of drug-likeness (QED) is 0.535. The monoisotopic (exact) mass is 384 g/mol. The van der Waals surface area contributed by atoms with Crippen LogP contribution in [0.2, 0.25) is 0 Å². The van der Waals surface area contributed by atoms with Gasteiger partial charge >= 0.3 is 6.18 Å². The van der Waals surface area contributed by atoms with E-state index in [1.54, 1.807) is 53.6 Å². The zero-order valence-corrected chi connectivity index (χ0v) is 14.6. The maximum absolute atomic E-state index is 13.1. The van der Waals surface area contributed by atoms with Gasteiger partial charge in [-0.2, -0.15) is 18.3 Å². The highest BCUT2D eigenvalue weighted by Gasteiger charge is 2.30. The van der Waals surface area contributed by atoms with Crippen LogP contribution in [0.4, 0.5) is 13.2 Å². The molecule has 0 aliphatic heterocycles. The van der Waals surface area contributed by atoms with Crippen LogP contribution < -0.4 is 5.56 Å². The first-order chi connectivity index (χ1) is 13.4. The van der Waals surface area contributed by atoms with Gasteiger partial charge in [0.05, 0.1) is 29.5 Å². The van der Waals surface area contributed by atoms with E-state index in [0.29, 0.717) is 28.6 Å². The minimum Gasteiger partial charge on any atom is -0.336 e. The molecule has 0 aliphatic rings. The van der Waals surface area contributed by atoms with E-state index in [-0.39, 0.29) is 12.1 Å². The number of halogens is 3. The van der Waals surface area contributed by atoms with Crippen LogP contribution >= 0.6 is 0 Å². The Labute approximate surface area is 157 Å². The summed E-state index contributed by atoms with van der Waals surface area (Å²) in [6.45, 7) is 0.735. The lowest BCUT2D eigenvalue weighted by Gasteiger charge is -2.13. The van der Waals surface area contributed by atoms with Crippen LogP contribution in [0.5, 0.6) is 0 Å². The minimum atomic E-state index is -4.46. The van der Waals surface area contributed by atoms with Gasteiger partial charge in [-0.25, -0.2) is 9.67 Å². The molecule has 8 heteroatoms. The number of aromatic nitrogens is 4. The molecule has 2 heterocycles. The van der Waals surface area contributed by atoms with Crippen molar-refractivity contribution in [3.05, 3.63) is 83.2 Å². The molecule has 0 spiro atoms. The van der Waals surface area contributed by atoms with Gasteiger partial charge in [-0.3, -0.25) is 4.79 Å². The van der Waals surface area contributed by atoms with Crippen LogP contribution in [0.15, 0.2) is 72.0 Å². The molecule has 0 fully saturated rings. The van der Waals surface area contributed by atoms with Crippen molar-refractivity contribution in [3.63, 3.8) is 0 Å². The van der Waals surface area contributed by atoms with E-state index in [0.717, 1.165) is 12.1 Å². The van der Waals surface area contributed by atoms with Crippen LogP contribution in [-0.4, -0.2) is 19.3 Å². The zero-order valence-electron chi connectivity index (χ0n) is 14.6. The molecular weight excluding hydrogens is 369 g/mol. The molecule has 4 aromatic rings. The summed E-state index contributed by atoms with van der Waals surface area (Å²) < 4.78 is 42.5. The summed E-state index contributed by atoms with van der Waals surface area (Å²) in [6, 6.07) is 11.8. The molecule has 0 saturated carbocycles. The maximum atomic E-state index is 13.1. The molecule has 0 amide bonds. The van der Waals surface area contributed by atoms with Gasteiger partial charge in [0.1, 0.15) is 0 Å². The highest BCUT2D eigenvalue weighted by atomic mass is 19.4. The number of fused-ring (bicyclic) bond motifs is 1. The summed E-state index contributed by atoms with van der Waals surface area (Å²) in [5.74, 6) is 0. The van der Waals surface area contributed by atoms with Gasteiger partial charge in [0.2, 0.25) is 0 Å². The summed E-state index contributed by atoms with van der Waals surface area (Å²) in [7, 11) is 0. The van der Waals surface area contributed by atoms with Crippen molar-refractivity contribution >= 4 is 10.8 Å². The lowest BCUT2D eigenvalue weighted by Crippen LogP contribution is -2.25. The van der Waals surface area contributed by atoms with Gasteiger partial charge in [0.15, 0.2) is 0 Å². The predicted octanol–water partition coefficient (Wildman–Crippen LogP) is 3.98. The number of imidazole rings is 1. The third-order valence-corrected chi connectivity index (χ3v) is 4.46. The van der Waals surface area contributed by atoms with Crippen LogP contribution in [0.1, 0.15) is 5.56 Å². The number of alkyl halides is 3. The highest BCUT2D eigenvalue weighted by Crippen LogP contribution is 2.33. The summed E-state index contributed by atoms with van der Waals surface area (Å²) in [5.41, 5.74) is -0.396. The molecule has 0 atom stereocenters. The van der Waals surface area contributed by atoms with Crippen LogP contribution in [-0.2, 0) is 19.3 Å². The van der Waals surface area contributed by atoms with Crippen molar-refractivity contribution in [1.29, 1.82) is 0 Å². The van der Waals surface area contributed by atoms with Gasteiger partial charge in [0, 0.05) is 29.9 Å². The first-order valence-electron chi connectivity index (χ1n) is 8.57. The molecule has 142 valence electrons. The van der Waals surface area contributed by atoms with Crippen molar-refractivity contribution in [2.45, 2.75) is 19.3 Å². The summed E-state index contributed by atoms with van der Waals surface area (Å²) in [6.07, 6.45) is 0.561. The predicted molar refractivity (Wildman–Crippen MR) is 98.7 cm³/mol. The maximum Gasteiger partial charge on any atom is 0.416 e. The second-order valence-electron chi connectivity index (χ2n) is 6.30. The van der Waals surface area contributed by atoms with Crippen molar-refractivity contribution in [2.24, 2.45) is 0 Å². The van der Waals surface area contributed by atoms with Gasteiger partial charge in [-0.15, -0.1) is 0 Å². The van der Waals surface area contributed by atoms with Gasteiger partial charge in [-0.05, 0) is 18.2 Å². The second-order valence-corrected chi connectivity index (χ2v) is 6.30. The topological polar surface area (TPSA) is 52.7 Å². The molecule has 4 rings (SSSR count). The van der Waals surface area contributed by atoms with Crippen LogP contribution in [0, 0.1) is 0 Å². The lowest BCUT2D eigenvalue weighted by atomic mass is 10.0. The minimum absolute atomic E-state index is 0.270. The van der Waals surface area contributed by atoms with Crippen molar-refractivity contribution < 1.29 is 13.2 Å². The number of nitrogens with zero attached hydrogens (tertiary/aromatic N) is 4. The van der Waals surface area contributed by atoms with E-state index in [1.807, 2.05) is 0 Å². The third kappa shape index (κ3) is 3.40. The summed E-state index contributed by atoms with van der Waals surface area (Å²) >= 11 is 0. The Hall–Kier alpha value is -3.42. The second kappa shape index (κ2) is 6.95. The highest BCUT2D eigenvalue weighted by molar-refractivity contribution is 5.93. The molecule has 0 N–H and O–H groups in total. The fourth-order valence-electron chi connectivity index (χ4n) is 3.07. The molecule has 2 aromatic heterocycles. The molecule has 0 aliphatic carbocycles. The van der Waals surface area contributed by atoms with Crippen LogP contribution in [0.3, 0.4) is 0 Å².